The molecule has 0 saturated heterocycles. The molecule has 0 aliphatic heterocycles. The van der Waals surface area contributed by atoms with Crippen LogP contribution in [-0.2, 0) is 4.79 Å². The van der Waals surface area contributed by atoms with Gasteiger partial charge in [-0.3, -0.25) is 4.79 Å². The minimum Gasteiger partial charge on any atom is -0.497 e. The van der Waals surface area contributed by atoms with Crippen LogP contribution in [0.4, 0.5) is 0 Å². The summed E-state index contributed by atoms with van der Waals surface area (Å²) < 4.78 is 10.8. The fourth-order valence-corrected chi connectivity index (χ4v) is 2.28. The van der Waals surface area contributed by atoms with E-state index in [1.165, 1.54) is 0 Å². The van der Waals surface area contributed by atoms with Crippen molar-refractivity contribution >= 4 is 16.9 Å². The maximum Gasteiger partial charge on any atom is 0.311 e. The van der Waals surface area contributed by atoms with E-state index in [2.05, 4.69) is 0 Å². The SMILES string of the molecule is CCC(C(=O)O)c1c(C)oc2ccc(OC)cc12. The van der Waals surface area contributed by atoms with Crippen molar-refractivity contribution in [2.75, 3.05) is 7.11 Å². The van der Waals surface area contributed by atoms with Crippen molar-refractivity contribution in [3.8, 4) is 5.75 Å². The van der Waals surface area contributed by atoms with Gasteiger partial charge in [-0.05, 0) is 31.5 Å². The van der Waals surface area contributed by atoms with Crippen LogP contribution in [0.3, 0.4) is 0 Å². The third-order valence-corrected chi connectivity index (χ3v) is 3.17. The molecule has 96 valence electrons. The number of furan rings is 1. The molecule has 4 heteroatoms. The number of benzene rings is 1. The first-order valence-electron chi connectivity index (χ1n) is 5.88. The standard InChI is InChI=1S/C14H16O4/c1-4-10(14(15)16)13-8(2)18-12-6-5-9(17-3)7-11(12)13/h5-7,10H,4H2,1-3H3,(H,15,16). The summed E-state index contributed by atoms with van der Waals surface area (Å²) in [6, 6.07) is 5.43. The van der Waals surface area contributed by atoms with E-state index < -0.39 is 11.9 Å². The zero-order valence-corrected chi connectivity index (χ0v) is 10.7. The first-order chi connectivity index (χ1) is 8.58. The van der Waals surface area contributed by atoms with Gasteiger partial charge in [-0.1, -0.05) is 6.92 Å². The molecule has 0 fully saturated rings. The van der Waals surface area contributed by atoms with Crippen LogP contribution >= 0.6 is 0 Å². The van der Waals surface area contributed by atoms with Gasteiger partial charge in [0.15, 0.2) is 0 Å². The van der Waals surface area contributed by atoms with Gasteiger partial charge in [0.2, 0.25) is 0 Å². The van der Waals surface area contributed by atoms with E-state index in [1.54, 1.807) is 26.2 Å². The molecule has 0 aliphatic rings. The normalized spacial score (nSPS) is 12.6. The van der Waals surface area contributed by atoms with Gasteiger partial charge in [-0.15, -0.1) is 0 Å². The van der Waals surface area contributed by atoms with Crippen molar-refractivity contribution in [2.45, 2.75) is 26.2 Å². The summed E-state index contributed by atoms with van der Waals surface area (Å²) in [6.45, 7) is 3.66. The van der Waals surface area contributed by atoms with E-state index in [-0.39, 0.29) is 0 Å². The van der Waals surface area contributed by atoms with Crippen LogP contribution in [0, 0.1) is 6.92 Å². The van der Waals surface area contributed by atoms with Crippen LogP contribution in [0.5, 0.6) is 5.75 Å². The van der Waals surface area contributed by atoms with Crippen LogP contribution in [-0.4, -0.2) is 18.2 Å². The summed E-state index contributed by atoms with van der Waals surface area (Å²) >= 11 is 0. The van der Waals surface area contributed by atoms with Crippen LogP contribution < -0.4 is 4.74 Å². The molecule has 18 heavy (non-hydrogen) atoms. The van der Waals surface area contributed by atoms with Crippen LogP contribution in [0.1, 0.15) is 30.6 Å². The Balaban J connectivity index is 2.67. The molecule has 1 aromatic heterocycles. The molecule has 0 amide bonds. The molecule has 0 saturated carbocycles. The molecule has 1 aromatic carbocycles. The van der Waals surface area contributed by atoms with Crippen molar-refractivity contribution in [2.24, 2.45) is 0 Å². The number of aliphatic carboxylic acids is 1. The van der Waals surface area contributed by atoms with E-state index in [0.29, 0.717) is 23.5 Å². The lowest BCUT2D eigenvalue weighted by Gasteiger charge is -2.09. The highest BCUT2D eigenvalue weighted by Crippen LogP contribution is 2.35. The van der Waals surface area contributed by atoms with Gasteiger partial charge in [-0.25, -0.2) is 0 Å². The monoisotopic (exact) mass is 248 g/mol. The second-order valence-corrected chi connectivity index (χ2v) is 4.23. The van der Waals surface area contributed by atoms with Crippen molar-refractivity contribution in [1.82, 2.24) is 0 Å². The lowest BCUT2D eigenvalue weighted by atomic mass is 9.94. The minimum atomic E-state index is -0.828. The maximum absolute atomic E-state index is 11.3. The number of hydrogen-bond acceptors (Lipinski definition) is 3. The summed E-state index contributed by atoms with van der Waals surface area (Å²) in [5, 5.41) is 10.1. The van der Waals surface area contributed by atoms with Crippen LogP contribution in [0.15, 0.2) is 22.6 Å². The summed E-state index contributed by atoms with van der Waals surface area (Å²) in [5.74, 6) is -0.0122. The Bertz CT molecular complexity index is 583. The number of fused-ring (bicyclic) bond motifs is 1. The molecule has 1 heterocycles. The third-order valence-electron chi connectivity index (χ3n) is 3.17. The molecule has 0 spiro atoms. The summed E-state index contributed by atoms with van der Waals surface area (Å²) in [4.78, 5) is 11.3. The Kier molecular flexibility index (Phi) is 3.28. The third kappa shape index (κ3) is 1.94. The number of carboxylic acid groups (broad SMARTS) is 1. The number of hydrogen-bond donors (Lipinski definition) is 1. The molecule has 2 rings (SSSR count). The van der Waals surface area contributed by atoms with E-state index in [1.807, 2.05) is 13.0 Å². The first kappa shape index (κ1) is 12.5. The lowest BCUT2D eigenvalue weighted by Crippen LogP contribution is -2.11. The number of rotatable bonds is 4. The molecule has 2 aromatic rings. The smallest absolute Gasteiger partial charge is 0.311 e. The average molecular weight is 248 g/mol. The highest BCUT2D eigenvalue weighted by atomic mass is 16.5. The molecular weight excluding hydrogens is 232 g/mol. The van der Waals surface area contributed by atoms with Gasteiger partial charge in [0.05, 0.1) is 13.0 Å². The van der Waals surface area contributed by atoms with E-state index in [0.717, 1.165) is 10.9 Å². The number of carboxylic acids is 1. The zero-order valence-electron chi connectivity index (χ0n) is 10.7. The Morgan fingerprint density at radius 1 is 1.50 bits per heavy atom. The van der Waals surface area contributed by atoms with Gasteiger partial charge in [0.1, 0.15) is 17.1 Å². The molecule has 0 bridgehead atoms. The fraction of sp³-hybridized carbons (Fsp3) is 0.357. The Hall–Kier alpha value is -1.97. The molecule has 1 atom stereocenters. The maximum atomic E-state index is 11.3. The molecule has 0 radical (unpaired) electrons. The largest absolute Gasteiger partial charge is 0.497 e. The molecule has 0 aliphatic carbocycles. The summed E-state index contributed by atoms with van der Waals surface area (Å²) in [6.07, 6.45) is 0.530. The zero-order chi connectivity index (χ0) is 13.3. The Labute approximate surface area is 105 Å². The van der Waals surface area contributed by atoms with Crippen LogP contribution in [0.25, 0.3) is 11.0 Å². The van der Waals surface area contributed by atoms with E-state index in [4.69, 9.17) is 9.15 Å². The topological polar surface area (TPSA) is 59.7 Å². The first-order valence-corrected chi connectivity index (χ1v) is 5.88. The molecular formula is C14H16O4. The van der Waals surface area contributed by atoms with E-state index in [9.17, 15) is 9.90 Å². The van der Waals surface area contributed by atoms with E-state index >= 15 is 0 Å². The lowest BCUT2D eigenvalue weighted by molar-refractivity contribution is -0.138. The highest BCUT2D eigenvalue weighted by Gasteiger charge is 2.25. The van der Waals surface area contributed by atoms with Gasteiger partial charge < -0.3 is 14.3 Å². The van der Waals surface area contributed by atoms with Crippen LogP contribution in [0.2, 0.25) is 0 Å². The molecule has 4 nitrogen and oxygen atoms in total. The average Bonchev–Trinajstić information content (AvgIpc) is 2.66. The second-order valence-electron chi connectivity index (χ2n) is 4.23. The Morgan fingerprint density at radius 2 is 2.22 bits per heavy atom. The second kappa shape index (κ2) is 4.72. The number of carbonyl (C=O) groups is 1. The molecule has 1 unspecified atom stereocenters. The van der Waals surface area contributed by atoms with Gasteiger partial charge in [0, 0.05) is 10.9 Å². The Morgan fingerprint density at radius 3 is 2.78 bits per heavy atom. The van der Waals surface area contributed by atoms with Gasteiger partial charge in [0.25, 0.3) is 0 Å². The minimum absolute atomic E-state index is 0.530. The van der Waals surface area contributed by atoms with Crippen molar-refractivity contribution in [1.29, 1.82) is 0 Å². The predicted molar refractivity (Wildman–Crippen MR) is 68.2 cm³/mol. The van der Waals surface area contributed by atoms with Crippen molar-refractivity contribution < 1.29 is 19.1 Å². The number of methoxy groups -OCH3 is 1. The number of aryl methyl sites for hydroxylation is 1. The van der Waals surface area contributed by atoms with Gasteiger partial charge >= 0.3 is 5.97 Å². The quantitative estimate of drug-likeness (QED) is 0.901. The summed E-state index contributed by atoms with van der Waals surface area (Å²) in [7, 11) is 1.59. The fourth-order valence-electron chi connectivity index (χ4n) is 2.28. The van der Waals surface area contributed by atoms with Crippen molar-refractivity contribution in [3.05, 3.63) is 29.5 Å². The predicted octanol–water partition coefficient (Wildman–Crippen LogP) is 3.33. The van der Waals surface area contributed by atoms with Crippen molar-refractivity contribution in [3.63, 3.8) is 0 Å². The number of ether oxygens (including phenoxy) is 1. The highest BCUT2D eigenvalue weighted by molar-refractivity contribution is 5.89. The summed E-state index contributed by atoms with van der Waals surface area (Å²) in [5.41, 5.74) is 1.45. The molecule has 1 N–H and O–H groups in total. The van der Waals surface area contributed by atoms with Gasteiger partial charge in [-0.2, -0.15) is 0 Å².